The maximum atomic E-state index is 13.9. The Morgan fingerprint density at radius 1 is 0.462 bits per heavy atom. The number of nitrogens with one attached hydrogen (secondary N) is 2. The van der Waals surface area contributed by atoms with Gasteiger partial charge in [0.1, 0.15) is 21.3 Å². The lowest BCUT2D eigenvalue weighted by Gasteiger charge is -2.11. The van der Waals surface area contributed by atoms with Crippen molar-refractivity contribution in [3.63, 3.8) is 0 Å². The maximum Gasteiger partial charge on any atom is 0.268 e. The SMILES string of the molecule is Cc1cc(NS(=O)(=O)c2cn(S(=O)(=O)c3ccc(Cl)cc3)c3ccccc23)ccc1-c1ccc(-c2ccc(NS(=O)(=O)c3cn(S(=O)(=O)c4ccc(Cl)cc4)c4ccccc34)cc2C)o1. The van der Waals surface area contributed by atoms with E-state index in [0.29, 0.717) is 43.8 Å². The van der Waals surface area contributed by atoms with Gasteiger partial charge in [-0.25, -0.2) is 41.6 Å². The number of rotatable bonds is 12. The molecule has 13 nitrogen and oxygen atoms in total. The average molecular weight is 986 g/mol. The number of aryl methyl sites for hydroxylation is 2. The van der Waals surface area contributed by atoms with E-state index in [1.807, 2.05) is 0 Å². The smallest absolute Gasteiger partial charge is 0.268 e. The third-order valence-electron chi connectivity index (χ3n) is 10.7. The highest BCUT2D eigenvalue weighted by atomic mass is 35.5. The molecule has 0 aliphatic heterocycles. The second-order valence-electron chi connectivity index (χ2n) is 15.0. The Labute approximate surface area is 384 Å². The van der Waals surface area contributed by atoms with Crippen molar-refractivity contribution >= 4 is 96.5 Å². The van der Waals surface area contributed by atoms with Crippen LogP contribution in [0.4, 0.5) is 11.4 Å². The van der Waals surface area contributed by atoms with Crippen molar-refractivity contribution in [1.82, 2.24) is 7.94 Å². The predicted octanol–water partition coefficient (Wildman–Crippen LogP) is 10.5. The molecular weight excluding hydrogens is 952 g/mol. The first-order chi connectivity index (χ1) is 30.8. The molecule has 65 heavy (non-hydrogen) atoms. The highest BCUT2D eigenvalue weighted by Crippen LogP contribution is 2.37. The van der Waals surface area contributed by atoms with Crippen LogP contribution in [-0.2, 0) is 40.1 Å². The topological polar surface area (TPSA) is 184 Å². The van der Waals surface area contributed by atoms with Gasteiger partial charge in [0.05, 0.1) is 20.8 Å². The van der Waals surface area contributed by atoms with Gasteiger partial charge in [-0.3, -0.25) is 9.44 Å². The van der Waals surface area contributed by atoms with Gasteiger partial charge in [-0.2, -0.15) is 0 Å². The zero-order valence-corrected chi connectivity index (χ0v) is 38.7. The normalized spacial score (nSPS) is 12.5. The minimum Gasteiger partial charge on any atom is -0.456 e. The summed E-state index contributed by atoms with van der Waals surface area (Å²) in [4.78, 5) is -0.587. The molecule has 0 unspecified atom stereocenters. The number of anilines is 2. The number of aromatic nitrogens is 2. The number of fused-ring (bicyclic) bond motifs is 2. The highest BCUT2D eigenvalue weighted by molar-refractivity contribution is 7.93. The van der Waals surface area contributed by atoms with E-state index in [-0.39, 0.29) is 52.8 Å². The summed E-state index contributed by atoms with van der Waals surface area (Å²) in [6.07, 6.45) is 2.18. The molecule has 0 saturated carbocycles. The highest BCUT2D eigenvalue weighted by Gasteiger charge is 2.29. The summed E-state index contributed by atoms with van der Waals surface area (Å²) < 4.78 is 124. The number of para-hydroxylation sites is 2. The van der Waals surface area contributed by atoms with Gasteiger partial charge in [-0.05, 0) is 134 Å². The molecule has 0 bridgehead atoms. The predicted molar refractivity (Wildman–Crippen MR) is 253 cm³/mol. The van der Waals surface area contributed by atoms with Crippen LogP contribution >= 0.6 is 23.2 Å². The first kappa shape index (κ1) is 43.9. The number of sulfonamides is 2. The van der Waals surface area contributed by atoms with Crippen LogP contribution in [0.3, 0.4) is 0 Å². The van der Waals surface area contributed by atoms with Crippen LogP contribution in [0.25, 0.3) is 44.5 Å². The molecule has 0 aliphatic carbocycles. The molecule has 0 radical (unpaired) electrons. The van der Waals surface area contributed by atoms with Crippen molar-refractivity contribution in [3.05, 3.63) is 179 Å². The molecule has 330 valence electrons. The van der Waals surface area contributed by atoms with E-state index in [0.717, 1.165) is 20.3 Å². The fraction of sp³-hybridized carbons (Fsp3) is 0.0435. The van der Waals surface area contributed by atoms with E-state index < -0.39 is 40.1 Å². The quantitative estimate of drug-likeness (QED) is 0.120. The monoisotopic (exact) mass is 984 g/mol. The molecule has 0 fully saturated rings. The lowest BCUT2D eigenvalue weighted by atomic mass is 10.1. The van der Waals surface area contributed by atoms with Gasteiger partial charge in [-0.15, -0.1) is 0 Å². The van der Waals surface area contributed by atoms with Crippen LogP contribution in [0.2, 0.25) is 10.0 Å². The summed E-state index contributed by atoms with van der Waals surface area (Å²) in [5.74, 6) is 0.966. The zero-order chi connectivity index (χ0) is 46.1. The van der Waals surface area contributed by atoms with Crippen LogP contribution in [0.5, 0.6) is 0 Å². The summed E-state index contributed by atoms with van der Waals surface area (Å²) in [7, 11) is -17.0. The van der Waals surface area contributed by atoms with Gasteiger partial charge in [-0.1, -0.05) is 59.6 Å². The first-order valence-corrected chi connectivity index (χ1v) is 26.0. The fourth-order valence-corrected chi connectivity index (χ4v) is 13.2. The molecule has 0 amide bonds. The maximum absolute atomic E-state index is 13.9. The van der Waals surface area contributed by atoms with Crippen LogP contribution in [-0.4, -0.2) is 41.6 Å². The van der Waals surface area contributed by atoms with Crippen LogP contribution in [0, 0.1) is 13.8 Å². The van der Waals surface area contributed by atoms with Gasteiger partial charge in [0, 0.05) is 55.7 Å². The average Bonchev–Trinajstić information content (AvgIpc) is 4.01. The Morgan fingerprint density at radius 3 is 1.20 bits per heavy atom. The molecule has 9 aromatic rings. The fourth-order valence-electron chi connectivity index (χ4n) is 7.56. The molecule has 6 aromatic carbocycles. The van der Waals surface area contributed by atoms with E-state index in [9.17, 15) is 33.7 Å². The van der Waals surface area contributed by atoms with E-state index in [1.54, 1.807) is 86.6 Å². The third-order valence-corrected chi connectivity index (χ3v) is 17.4. The Bertz CT molecular complexity index is 3580. The number of benzene rings is 6. The molecule has 0 atom stereocenters. The minimum atomic E-state index is -4.31. The Hall–Kier alpha value is -6.34. The van der Waals surface area contributed by atoms with Crippen molar-refractivity contribution < 1.29 is 38.1 Å². The minimum absolute atomic E-state index is 0.0624. The van der Waals surface area contributed by atoms with Gasteiger partial charge in [0.2, 0.25) is 0 Å². The number of hydrogen-bond donors (Lipinski definition) is 2. The van der Waals surface area contributed by atoms with Crippen molar-refractivity contribution in [2.24, 2.45) is 0 Å². The number of nitrogens with zero attached hydrogens (tertiary/aromatic N) is 2. The third kappa shape index (κ3) is 8.08. The zero-order valence-electron chi connectivity index (χ0n) is 34.0. The molecule has 2 N–H and O–H groups in total. The van der Waals surface area contributed by atoms with E-state index in [2.05, 4.69) is 9.44 Å². The lowest BCUT2D eigenvalue weighted by Crippen LogP contribution is -2.14. The van der Waals surface area contributed by atoms with E-state index >= 15 is 0 Å². The second kappa shape index (κ2) is 16.3. The van der Waals surface area contributed by atoms with Crippen LogP contribution < -0.4 is 9.44 Å². The summed E-state index contributed by atoms with van der Waals surface area (Å²) in [6.45, 7) is 3.58. The summed E-state index contributed by atoms with van der Waals surface area (Å²) in [6, 6.07) is 37.1. The molecule has 3 aromatic heterocycles. The van der Waals surface area contributed by atoms with Crippen molar-refractivity contribution in [3.8, 4) is 22.6 Å². The number of halogens is 2. The molecule has 9 rings (SSSR count). The van der Waals surface area contributed by atoms with Crippen molar-refractivity contribution in [2.75, 3.05) is 9.44 Å². The molecular formula is C46H34Cl2N4O9S4. The second-order valence-corrected chi connectivity index (χ2v) is 22.8. The molecule has 0 aliphatic rings. The first-order valence-electron chi connectivity index (χ1n) is 19.4. The number of hydrogen-bond acceptors (Lipinski definition) is 9. The van der Waals surface area contributed by atoms with Crippen molar-refractivity contribution in [1.29, 1.82) is 0 Å². The number of furan rings is 1. The molecule has 3 heterocycles. The standard InChI is InChI=1S/C46H34Cl2N4O9S4/c1-29-25-33(49-62(53,54)45-27-51(41-9-5-3-7-39(41)45)64(57,58)35-17-11-31(47)12-18-35)15-21-37(29)43-23-24-44(61-43)38-22-16-34(26-30(38)2)50-63(55,56)46-28-52(42-10-6-4-8-40(42)46)65(59,60)36-19-13-32(48)14-20-36/h3-28,49-50H,1-2H3. The van der Waals surface area contributed by atoms with E-state index in [4.69, 9.17) is 27.6 Å². The molecule has 19 heteroatoms. The van der Waals surface area contributed by atoms with Gasteiger partial charge in [0.15, 0.2) is 0 Å². The largest absolute Gasteiger partial charge is 0.456 e. The summed E-state index contributed by atoms with van der Waals surface area (Å²) >= 11 is 12.0. The molecule has 0 saturated heterocycles. The van der Waals surface area contributed by atoms with Gasteiger partial charge in [0.25, 0.3) is 40.1 Å². The summed E-state index contributed by atoms with van der Waals surface area (Å²) in [5, 5.41) is 1.12. The van der Waals surface area contributed by atoms with Crippen molar-refractivity contribution in [2.45, 2.75) is 33.4 Å². The van der Waals surface area contributed by atoms with Gasteiger partial charge < -0.3 is 4.42 Å². The Kier molecular flexibility index (Phi) is 11.0. The van der Waals surface area contributed by atoms with Crippen LogP contribution in [0.1, 0.15) is 11.1 Å². The van der Waals surface area contributed by atoms with E-state index in [1.165, 1.54) is 72.8 Å². The lowest BCUT2D eigenvalue weighted by molar-refractivity contribution is 0.586. The van der Waals surface area contributed by atoms with Crippen LogP contribution in [0.15, 0.2) is 182 Å². The Morgan fingerprint density at radius 2 is 0.831 bits per heavy atom. The summed E-state index contributed by atoms with van der Waals surface area (Å²) in [5.41, 5.74) is 3.51. The Balaban J connectivity index is 0.943. The molecule has 0 spiro atoms. The van der Waals surface area contributed by atoms with Gasteiger partial charge >= 0.3 is 0 Å².